The molecule has 2 amide bonds. The van der Waals surface area contributed by atoms with Gasteiger partial charge in [0.1, 0.15) is 0 Å². The number of rotatable bonds is 7. The van der Waals surface area contributed by atoms with Gasteiger partial charge in [-0.05, 0) is 31.8 Å². The van der Waals surface area contributed by atoms with Crippen molar-refractivity contribution in [2.45, 2.75) is 32.8 Å². The average molecular weight is 411 g/mol. The highest BCUT2D eigenvalue weighted by Crippen LogP contribution is 2.20. The number of hydrogen-bond donors (Lipinski definition) is 1. The first-order valence-corrected chi connectivity index (χ1v) is 11.2. The van der Waals surface area contributed by atoms with Crippen molar-refractivity contribution in [3.05, 3.63) is 0 Å². The second-order valence-corrected chi connectivity index (χ2v) is 8.94. The first-order chi connectivity index (χ1) is 14.0. The van der Waals surface area contributed by atoms with Gasteiger partial charge < -0.3 is 19.7 Å². The Morgan fingerprint density at radius 1 is 1.00 bits per heavy atom. The number of ether oxygens (including phenoxy) is 2. The predicted molar refractivity (Wildman–Crippen MR) is 111 cm³/mol. The van der Waals surface area contributed by atoms with Crippen LogP contribution in [0.1, 0.15) is 26.7 Å². The fourth-order valence-electron chi connectivity index (χ4n) is 4.45. The van der Waals surface area contributed by atoms with Crippen LogP contribution in [0.4, 0.5) is 0 Å². The summed E-state index contributed by atoms with van der Waals surface area (Å²) in [7, 11) is 0. The quantitative estimate of drug-likeness (QED) is 0.638. The molecule has 3 fully saturated rings. The Labute approximate surface area is 174 Å². The van der Waals surface area contributed by atoms with Gasteiger partial charge in [0.2, 0.25) is 11.8 Å². The number of amides is 2. The summed E-state index contributed by atoms with van der Waals surface area (Å²) in [5.74, 6) is 1.04. The standard InChI is InChI=1S/C21H38N4O4/c1-17(2)14-24-7-12-29-19(15-24)13-22-20(26)16-23-5-3-18(4-6-23)21(27)25-8-10-28-11-9-25/h17-19H,3-16H2,1-2H3,(H,22,26). The molecule has 3 heterocycles. The van der Waals surface area contributed by atoms with Crippen molar-refractivity contribution >= 4 is 11.8 Å². The monoisotopic (exact) mass is 410 g/mol. The predicted octanol–water partition coefficient (Wildman–Crippen LogP) is 0.0302. The topological polar surface area (TPSA) is 74.4 Å². The molecule has 0 spiro atoms. The fourth-order valence-corrected chi connectivity index (χ4v) is 4.45. The zero-order chi connectivity index (χ0) is 20.6. The van der Waals surface area contributed by atoms with E-state index < -0.39 is 0 Å². The van der Waals surface area contributed by atoms with Crippen molar-refractivity contribution in [1.82, 2.24) is 20.0 Å². The number of hydrogen-bond acceptors (Lipinski definition) is 6. The fraction of sp³-hybridized carbons (Fsp3) is 0.905. The molecule has 3 saturated heterocycles. The van der Waals surface area contributed by atoms with Gasteiger partial charge in [-0.1, -0.05) is 13.8 Å². The van der Waals surface area contributed by atoms with Gasteiger partial charge >= 0.3 is 0 Å². The van der Waals surface area contributed by atoms with Crippen LogP contribution in [-0.4, -0.2) is 111 Å². The van der Waals surface area contributed by atoms with Gasteiger partial charge in [-0.2, -0.15) is 0 Å². The van der Waals surface area contributed by atoms with E-state index >= 15 is 0 Å². The summed E-state index contributed by atoms with van der Waals surface area (Å²) in [4.78, 5) is 31.5. The van der Waals surface area contributed by atoms with E-state index in [-0.39, 0.29) is 23.8 Å². The second kappa shape index (κ2) is 11.2. The molecule has 0 aliphatic carbocycles. The van der Waals surface area contributed by atoms with Gasteiger partial charge in [0.15, 0.2) is 0 Å². The van der Waals surface area contributed by atoms with Crippen LogP contribution in [0.25, 0.3) is 0 Å². The molecule has 0 aromatic heterocycles. The molecular weight excluding hydrogens is 372 g/mol. The lowest BCUT2D eigenvalue weighted by Gasteiger charge is -2.35. The number of morpholine rings is 2. The second-order valence-electron chi connectivity index (χ2n) is 8.94. The zero-order valence-corrected chi connectivity index (χ0v) is 18.1. The van der Waals surface area contributed by atoms with Crippen molar-refractivity contribution in [3.8, 4) is 0 Å². The van der Waals surface area contributed by atoms with Gasteiger partial charge in [-0.25, -0.2) is 0 Å². The zero-order valence-electron chi connectivity index (χ0n) is 18.1. The molecule has 3 aliphatic heterocycles. The van der Waals surface area contributed by atoms with Crippen molar-refractivity contribution in [3.63, 3.8) is 0 Å². The van der Waals surface area contributed by atoms with Crippen molar-refractivity contribution in [2.24, 2.45) is 11.8 Å². The highest BCUT2D eigenvalue weighted by Gasteiger charge is 2.30. The normalized spacial score (nSPS) is 25.3. The summed E-state index contributed by atoms with van der Waals surface area (Å²) in [6.45, 7) is 13.4. The summed E-state index contributed by atoms with van der Waals surface area (Å²) in [6.07, 6.45) is 1.74. The molecule has 0 saturated carbocycles. The lowest BCUT2D eigenvalue weighted by molar-refractivity contribution is -0.141. The van der Waals surface area contributed by atoms with Crippen LogP contribution in [-0.2, 0) is 19.1 Å². The Bertz CT molecular complexity index is 531. The lowest BCUT2D eigenvalue weighted by Crippen LogP contribution is -2.50. The van der Waals surface area contributed by atoms with Crippen molar-refractivity contribution in [2.75, 3.05) is 78.7 Å². The third-order valence-electron chi connectivity index (χ3n) is 6.00. The van der Waals surface area contributed by atoms with Crippen LogP contribution in [0.2, 0.25) is 0 Å². The number of likely N-dealkylation sites (tertiary alicyclic amines) is 1. The summed E-state index contributed by atoms with van der Waals surface area (Å²) in [5, 5.41) is 3.04. The maximum absolute atomic E-state index is 12.6. The third kappa shape index (κ3) is 7.20. The highest BCUT2D eigenvalue weighted by atomic mass is 16.5. The molecule has 3 rings (SSSR count). The number of nitrogens with zero attached hydrogens (tertiary/aromatic N) is 3. The molecule has 1 unspecified atom stereocenters. The van der Waals surface area contributed by atoms with E-state index in [1.54, 1.807) is 0 Å². The minimum Gasteiger partial charge on any atom is -0.378 e. The Kier molecular flexibility index (Phi) is 8.71. The first kappa shape index (κ1) is 22.5. The Hall–Kier alpha value is -1.22. The number of nitrogens with one attached hydrogen (secondary N) is 1. The largest absolute Gasteiger partial charge is 0.378 e. The van der Waals surface area contributed by atoms with Crippen molar-refractivity contribution in [1.29, 1.82) is 0 Å². The lowest BCUT2D eigenvalue weighted by atomic mass is 9.95. The third-order valence-corrected chi connectivity index (χ3v) is 6.00. The molecule has 0 bridgehead atoms. The van der Waals surface area contributed by atoms with Gasteiger partial charge in [0.25, 0.3) is 0 Å². The summed E-state index contributed by atoms with van der Waals surface area (Å²) in [6, 6.07) is 0. The summed E-state index contributed by atoms with van der Waals surface area (Å²) in [5.41, 5.74) is 0. The van der Waals surface area contributed by atoms with Gasteiger partial charge in [0.05, 0.1) is 32.5 Å². The molecular formula is C21H38N4O4. The van der Waals surface area contributed by atoms with E-state index in [2.05, 4.69) is 29.0 Å². The first-order valence-electron chi connectivity index (χ1n) is 11.2. The molecule has 0 aromatic carbocycles. The maximum Gasteiger partial charge on any atom is 0.234 e. The molecule has 29 heavy (non-hydrogen) atoms. The minimum atomic E-state index is 0.0486. The van der Waals surface area contributed by atoms with E-state index in [1.165, 1.54) is 0 Å². The molecule has 1 N–H and O–H groups in total. The van der Waals surface area contributed by atoms with E-state index in [9.17, 15) is 9.59 Å². The number of piperidine rings is 1. The van der Waals surface area contributed by atoms with Crippen LogP contribution in [0.5, 0.6) is 0 Å². The van der Waals surface area contributed by atoms with Crippen molar-refractivity contribution < 1.29 is 19.1 Å². The van der Waals surface area contributed by atoms with Gasteiger partial charge in [0, 0.05) is 45.2 Å². The van der Waals surface area contributed by atoms with Crippen LogP contribution in [0, 0.1) is 11.8 Å². The Morgan fingerprint density at radius 2 is 1.72 bits per heavy atom. The maximum atomic E-state index is 12.6. The highest BCUT2D eigenvalue weighted by molar-refractivity contribution is 5.79. The molecule has 0 aromatic rings. The summed E-state index contributed by atoms with van der Waals surface area (Å²) >= 11 is 0. The number of carbonyl (C=O) groups is 2. The van der Waals surface area contributed by atoms with Crippen LogP contribution < -0.4 is 5.32 Å². The van der Waals surface area contributed by atoms with E-state index in [0.29, 0.717) is 45.3 Å². The summed E-state index contributed by atoms with van der Waals surface area (Å²) < 4.78 is 11.1. The molecule has 166 valence electrons. The molecule has 3 aliphatic rings. The van der Waals surface area contributed by atoms with E-state index in [4.69, 9.17) is 9.47 Å². The molecule has 8 heteroatoms. The smallest absolute Gasteiger partial charge is 0.234 e. The molecule has 8 nitrogen and oxygen atoms in total. The Morgan fingerprint density at radius 3 is 2.41 bits per heavy atom. The van der Waals surface area contributed by atoms with E-state index in [1.807, 2.05) is 4.90 Å². The van der Waals surface area contributed by atoms with Gasteiger partial charge in [-0.15, -0.1) is 0 Å². The van der Waals surface area contributed by atoms with Crippen LogP contribution in [0.15, 0.2) is 0 Å². The average Bonchev–Trinajstić information content (AvgIpc) is 2.73. The van der Waals surface area contributed by atoms with E-state index in [0.717, 1.165) is 52.2 Å². The number of carbonyl (C=O) groups excluding carboxylic acids is 2. The van der Waals surface area contributed by atoms with Crippen LogP contribution >= 0.6 is 0 Å². The SMILES string of the molecule is CC(C)CN1CCOC(CNC(=O)CN2CCC(C(=O)N3CCOCC3)CC2)C1. The van der Waals surface area contributed by atoms with Crippen LogP contribution in [0.3, 0.4) is 0 Å². The molecule has 0 radical (unpaired) electrons. The van der Waals surface area contributed by atoms with Gasteiger partial charge in [-0.3, -0.25) is 19.4 Å². The molecule has 1 atom stereocenters. The Balaban J connectivity index is 1.32. The minimum absolute atomic E-state index is 0.0486.